The van der Waals surface area contributed by atoms with Gasteiger partial charge in [0.05, 0.1) is 0 Å². The second-order valence-corrected chi connectivity index (χ2v) is 6.17. The van der Waals surface area contributed by atoms with E-state index >= 15 is 0 Å². The second-order valence-electron chi connectivity index (χ2n) is 6.17. The summed E-state index contributed by atoms with van der Waals surface area (Å²) in [7, 11) is 0. The van der Waals surface area contributed by atoms with Gasteiger partial charge in [-0.1, -0.05) is 6.92 Å². The summed E-state index contributed by atoms with van der Waals surface area (Å²) in [4.78, 5) is 11.9. The van der Waals surface area contributed by atoms with Gasteiger partial charge >= 0.3 is 0 Å². The van der Waals surface area contributed by atoms with Crippen molar-refractivity contribution in [1.29, 1.82) is 0 Å². The van der Waals surface area contributed by atoms with Gasteiger partial charge in [-0.05, 0) is 61.9 Å². The quantitative estimate of drug-likeness (QED) is 0.848. The van der Waals surface area contributed by atoms with E-state index in [4.69, 9.17) is 0 Å². The van der Waals surface area contributed by atoms with Crippen LogP contribution in [-0.2, 0) is 11.2 Å². The molecule has 1 aliphatic rings. The fourth-order valence-electron chi connectivity index (χ4n) is 3.00. The van der Waals surface area contributed by atoms with E-state index < -0.39 is 11.6 Å². The Morgan fingerprint density at radius 1 is 1.36 bits per heavy atom. The lowest BCUT2D eigenvalue weighted by Crippen LogP contribution is -2.36. The van der Waals surface area contributed by atoms with Crippen molar-refractivity contribution < 1.29 is 13.6 Å². The van der Waals surface area contributed by atoms with Crippen LogP contribution in [0.2, 0.25) is 0 Å². The van der Waals surface area contributed by atoms with Crippen LogP contribution in [0.5, 0.6) is 0 Å². The van der Waals surface area contributed by atoms with Gasteiger partial charge in [-0.25, -0.2) is 8.78 Å². The number of benzene rings is 1. The van der Waals surface area contributed by atoms with Crippen LogP contribution in [0.25, 0.3) is 0 Å². The lowest BCUT2D eigenvalue weighted by atomic mass is 9.85. The van der Waals surface area contributed by atoms with Crippen LogP contribution in [0.1, 0.15) is 31.7 Å². The molecule has 22 heavy (non-hydrogen) atoms. The zero-order valence-corrected chi connectivity index (χ0v) is 13.0. The summed E-state index contributed by atoms with van der Waals surface area (Å²) in [6, 6.07) is 3.44. The SMILES string of the molecule is CC(CC(=O)NCCc1cc(F)cc(F)c1)C1CCCNC1. The summed E-state index contributed by atoms with van der Waals surface area (Å²) in [5, 5.41) is 6.20. The molecule has 1 aliphatic heterocycles. The number of piperidine rings is 1. The minimum Gasteiger partial charge on any atom is -0.356 e. The minimum absolute atomic E-state index is 0.00921. The first-order chi connectivity index (χ1) is 10.5. The molecule has 0 aromatic heterocycles. The van der Waals surface area contributed by atoms with E-state index in [0.29, 0.717) is 36.8 Å². The average Bonchev–Trinajstić information content (AvgIpc) is 2.47. The molecule has 2 rings (SSSR count). The van der Waals surface area contributed by atoms with Gasteiger partial charge in [0.15, 0.2) is 0 Å². The summed E-state index contributed by atoms with van der Waals surface area (Å²) in [6.07, 6.45) is 3.27. The van der Waals surface area contributed by atoms with Gasteiger partial charge in [0, 0.05) is 19.0 Å². The number of carbonyl (C=O) groups excluding carboxylic acids is 1. The van der Waals surface area contributed by atoms with E-state index in [2.05, 4.69) is 17.6 Å². The molecule has 3 nitrogen and oxygen atoms in total. The molecule has 2 atom stereocenters. The molecule has 1 fully saturated rings. The normalized spacial score (nSPS) is 19.7. The highest BCUT2D eigenvalue weighted by molar-refractivity contribution is 5.76. The van der Waals surface area contributed by atoms with Crippen LogP contribution >= 0.6 is 0 Å². The van der Waals surface area contributed by atoms with E-state index in [1.807, 2.05) is 0 Å². The maximum Gasteiger partial charge on any atom is 0.220 e. The van der Waals surface area contributed by atoms with Gasteiger partial charge in [0.2, 0.25) is 5.91 Å². The molecule has 1 aromatic rings. The van der Waals surface area contributed by atoms with Crippen LogP contribution in [0.3, 0.4) is 0 Å². The van der Waals surface area contributed by atoms with Gasteiger partial charge < -0.3 is 10.6 Å². The number of rotatable bonds is 6. The second kappa shape index (κ2) is 8.22. The van der Waals surface area contributed by atoms with Crippen molar-refractivity contribution in [1.82, 2.24) is 10.6 Å². The number of amides is 1. The smallest absolute Gasteiger partial charge is 0.220 e. The van der Waals surface area contributed by atoms with E-state index in [-0.39, 0.29) is 5.91 Å². The first kappa shape index (κ1) is 16.9. The van der Waals surface area contributed by atoms with Crippen molar-refractivity contribution in [3.8, 4) is 0 Å². The summed E-state index contributed by atoms with van der Waals surface area (Å²) >= 11 is 0. The van der Waals surface area contributed by atoms with Gasteiger partial charge in [0.1, 0.15) is 11.6 Å². The average molecular weight is 310 g/mol. The third kappa shape index (κ3) is 5.37. The Balaban J connectivity index is 1.70. The molecule has 0 aliphatic carbocycles. The third-order valence-corrected chi connectivity index (χ3v) is 4.31. The van der Waals surface area contributed by atoms with Crippen molar-refractivity contribution in [3.05, 3.63) is 35.4 Å². The van der Waals surface area contributed by atoms with Crippen LogP contribution < -0.4 is 10.6 Å². The summed E-state index contributed by atoms with van der Waals surface area (Å²) in [5.74, 6) is -0.259. The maximum atomic E-state index is 13.1. The van der Waals surface area contributed by atoms with Crippen LogP contribution in [0, 0.1) is 23.5 Å². The minimum atomic E-state index is -0.584. The Hall–Kier alpha value is -1.49. The monoisotopic (exact) mass is 310 g/mol. The van der Waals surface area contributed by atoms with E-state index in [0.717, 1.165) is 19.2 Å². The molecular weight excluding hydrogens is 286 g/mol. The standard InChI is InChI=1S/C17H24F2N2O/c1-12(14-3-2-5-20-11-14)7-17(22)21-6-4-13-8-15(18)10-16(19)9-13/h8-10,12,14,20H,2-7,11H2,1H3,(H,21,22). The van der Waals surface area contributed by atoms with E-state index in [1.54, 1.807) is 0 Å². The topological polar surface area (TPSA) is 41.1 Å². The molecule has 0 bridgehead atoms. The zero-order valence-electron chi connectivity index (χ0n) is 13.0. The number of hydrogen-bond donors (Lipinski definition) is 2. The zero-order chi connectivity index (χ0) is 15.9. The highest BCUT2D eigenvalue weighted by atomic mass is 19.1. The third-order valence-electron chi connectivity index (χ3n) is 4.31. The predicted molar refractivity (Wildman–Crippen MR) is 82.4 cm³/mol. The first-order valence-electron chi connectivity index (χ1n) is 7.97. The van der Waals surface area contributed by atoms with Crippen LogP contribution in [0.4, 0.5) is 8.78 Å². The first-order valence-corrected chi connectivity index (χ1v) is 7.97. The lowest BCUT2D eigenvalue weighted by molar-refractivity contribution is -0.122. The fourth-order valence-corrected chi connectivity index (χ4v) is 3.00. The Labute approximate surface area is 130 Å². The summed E-state index contributed by atoms with van der Waals surface area (Å²) < 4.78 is 26.1. The van der Waals surface area contributed by atoms with Crippen LogP contribution in [0.15, 0.2) is 18.2 Å². The van der Waals surface area contributed by atoms with Crippen LogP contribution in [-0.4, -0.2) is 25.5 Å². The molecule has 5 heteroatoms. The lowest BCUT2D eigenvalue weighted by Gasteiger charge is -2.28. The summed E-state index contributed by atoms with van der Waals surface area (Å²) in [6.45, 7) is 4.56. The Kier molecular flexibility index (Phi) is 6.31. The van der Waals surface area contributed by atoms with Gasteiger partial charge in [-0.3, -0.25) is 4.79 Å². The number of halogens is 2. The molecule has 2 unspecified atom stereocenters. The van der Waals surface area contributed by atoms with E-state index in [9.17, 15) is 13.6 Å². The molecule has 0 saturated carbocycles. The van der Waals surface area contributed by atoms with Crippen molar-refractivity contribution >= 4 is 5.91 Å². The highest BCUT2D eigenvalue weighted by Crippen LogP contribution is 2.22. The molecule has 122 valence electrons. The molecule has 1 amide bonds. The molecule has 1 heterocycles. The summed E-state index contributed by atoms with van der Waals surface area (Å²) in [5.41, 5.74) is 0.558. The molecule has 1 aromatic carbocycles. The Morgan fingerprint density at radius 2 is 2.09 bits per heavy atom. The molecule has 2 N–H and O–H groups in total. The van der Waals surface area contributed by atoms with Gasteiger partial charge in [0.25, 0.3) is 0 Å². The van der Waals surface area contributed by atoms with E-state index in [1.165, 1.54) is 25.0 Å². The molecule has 0 radical (unpaired) electrons. The van der Waals surface area contributed by atoms with Gasteiger partial charge in [-0.2, -0.15) is 0 Å². The van der Waals surface area contributed by atoms with Crippen molar-refractivity contribution in [3.63, 3.8) is 0 Å². The fraction of sp³-hybridized carbons (Fsp3) is 0.588. The van der Waals surface area contributed by atoms with Crippen molar-refractivity contribution in [2.75, 3.05) is 19.6 Å². The number of hydrogen-bond acceptors (Lipinski definition) is 2. The number of nitrogens with one attached hydrogen (secondary N) is 2. The largest absolute Gasteiger partial charge is 0.356 e. The highest BCUT2D eigenvalue weighted by Gasteiger charge is 2.21. The van der Waals surface area contributed by atoms with Gasteiger partial charge in [-0.15, -0.1) is 0 Å². The number of carbonyl (C=O) groups is 1. The Bertz CT molecular complexity index is 481. The predicted octanol–water partition coefficient (Wildman–Crippen LogP) is 2.65. The Morgan fingerprint density at radius 3 is 2.73 bits per heavy atom. The molecule has 0 spiro atoms. The molecular formula is C17H24F2N2O. The maximum absolute atomic E-state index is 13.1. The molecule has 1 saturated heterocycles. The van der Waals surface area contributed by atoms with Crippen molar-refractivity contribution in [2.24, 2.45) is 11.8 Å². The van der Waals surface area contributed by atoms with Crippen molar-refractivity contribution in [2.45, 2.75) is 32.6 Å².